The topological polar surface area (TPSA) is 95.2 Å². The molecule has 1 saturated heterocycles. The van der Waals surface area contributed by atoms with Crippen LogP contribution in [0.15, 0.2) is 4.90 Å². The number of carbonyl (C=O) groups excluding carboxylic acids is 1. The molecule has 0 unspecified atom stereocenters. The average molecular weight is 340 g/mol. The van der Waals surface area contributed by atoms with Gasteiger partial charge in [-0.1, -0.05) is 6.42 Å². The van der Waals surface area contributed by atoms with E-state index >= 15 is 0 Å². The summed E-state index contributed by atoms with van der Waals surface area (Å²) in [5.74, 6) is 0.312. The van der Waals surface area contributed by atoms with E-state index in [1.807, 2.05) is 0 Å². The Kier molecular flexibility index (Phi) is 4.46. The fourth-order valence-electron chi connectivity index (χ4n) is 3.28. The number of aromatic amines is 1. The minimum absolute atomic E-state index is 0.0843. The lowest BCUT2D eigenvalue weighted by molar-refractivity contribution is -0.128. The van der Waals surface area contributed by atoms with Gasteiger partial charge >= 0.3 is 0 Å². The van der Waals surface area contributed by atoms with E-state index in [9.17, 15) is 13.2 Å². The summed E-state index contributed by atoms with van der Waals surface area (Å²) in [5, 5.41) is 9.78. The first-order chi connectivity index (χ1) is 10.9. The standard InChI is InChI=1S/C15H24N4O3S/c1-10-14(11(2)18-17-10)23(21,22)19-8-6-13(7-9-19)16-15(20)12-4-3-5-12/h12-13H,3-9H2,1-2H3,(H,16,20)(H,17,18). The van der Waals surface area contributed by atoms with Crippen LogP contribution in [0.25, 0.3) is 0 Å². The zero-order valence-electron chi connectivity index (χ0n) is 13.6. The maximum Gasteiger partial charge on any atom is 0.246 e. The normalized spacial score (nSPS) is 21.1. The van der Waals surface area contributed by atoms with Crippen molar-refractivity contribution in [2.24, 2.45) is 5.92 Å². The van der Waals surface area contributed by atoms with E-state index in [2.05, 4.69) is 15.5 Å². The highest BCUT2D eigenvalue weighted by Gasteiger charge is 2.34. The minimum atomic E-state index is -3.51. The highest BCUT2D eigenvalue weighted by Crippen LogP contribution is 2.28. The van der Waals surface area contributed by atoms with Crippen molar-refractivity contribution in [2.75, 3.05) is 13.1 Å². The summed E-state index contributed by atoms with van der Waals surface area (Å²) >= 11 is 0. The number of nitrogens with one attached hydrogen (secondary N) is 2. The van der Waals surface area contributed by atoms with Gasteiger partial charge in [-0.2, -0.15) is 9.40 Å². The molecule has 2 heterocycles. The molecule has 1 aromatic rings. The summed E-state index contributed by atoms with van der Waals surface area (Å²) in [7, 11) is -3.51. The molecular weight excluding hydrogens is 316 g/mol. The molecule has 2 N–H and O–H groups in total. The molecule has 1 aliphatic carbocycles. The van der Waals surface area contributed by atoms with Crippen molar-refractivity contribution in [3.8, 4) is 0 Å². The molecule has 1 aromatic heterocycles. The van der Waals surface area contributed by atoms with E-state index in [1.54, 1.807) is 13.8 Å². The smallest absolute Gasteiger partial charge is 0.246 e. The summed E-state index contributed by atoms with van der Waals surface area (Å²) in [6.07, 6.45) is 4.43. The number of rotatable bonds is 4. The highest BCUT2D eigenvalue weighted by molar-refractivity contribution is 7.89. The van der Waals surface area contributed by atoms with Crippen LogP contribution in [0.5, 0.6) is 0 Å². The second-order valence-corrected chi connectivity index (χ2v) is 8.45. The Bertz CT molecular complexity index is 666. The van der Waals surface area contributed by atoms with Crippen molar-refractivity contribution in [3.05, 3.63) is 11.4 Å². The maximum atomic E-state index is 12.8. The fraction of sp³-hybridized carbons (Fsp3) is 0.733. The largest absolute Gasteiger partial charge is 0.353 e. The molecule has 2 fully saturated rings. The van der Waals surface area contributed by atoms with E-state index in [4.69, 9.17) is 0 Å². The molecule has 0 bridgehead atoms. The van der Waals surface area contributed by atoms with Crippen molar-refractivity contribution < 1.29 is 13.2 Å². The molecule has 0 aromatic carbocycles. The summed E-state index contributed by atoms with van der Waals surface area (Å²) < 4.78 is 27.0. The molecule has 1 amide bonds. The van der Waals surface area contributed by atoms with Gasteiger partial charge in [0, 0.05) is 25.0 Å². The Morgan fingerprint density at radius 2 is 1.87 bits per heavy atom. The molecule has 23 heavy (non-hydrogen) atoms. The lowest BCUT2D eigenvalue weighted by Gasteiger charge is -2.33. The molecule has 1 aliphatic heterocycles. The van der Waals surface area contributed by atoms with Crippen LogP contribution in [0.3, 0.4) is 0 Å². The molecule has 128 valence electrons. The van der Waals surface area contributed by atoms with Crippen molar-refractivity contribution in [2.45, 2.75) is 56.9 Å². The second kappa shape index (κ2) is 6.24. The third kappa shape index (κ3) is 3.14. The molecule has 3 rings (SSSR count). The van der Waals surface area contributed by atoms with E-state index in [0.29, 0.717) is 37.3 Å². The summed E-state index contributed by atoms with van der Waals surface area (Å²) in [6, 6.07) is 0.0843. The van der Waals surface area contributed by atoms with Gasteiger partial charge in [-0.3, -0.25) is 9.89 Å². The van der Waals surface area contributed by atoms with Gasteiger partial charge in [0.05, 0.1) is 11.4 Å². The van der Waals surface area contributed by atoms with E-state index in [1.165, 1.54) is 4.31 Å². The number of nitrogens with zero attached hydrogens (tertiary/aromatic N) is 2. The van der Waals surface area contributed by atoms with Crippen LogP contribution in [-0.2, 0) is 14.8 Å². The minimum Gasteiger partial charge on any atom is -0.353 e. The second-order valence-electron chi connectivity index (χ2n) is 6.58. The van der Waals surface area contributed by atoms with Crippen molar-refractivity contribution in [3.63, 3.8) is 0 Å². The number of piperidine rings is 1. The van der Waals surface area contributed by atoms with Crippen LogP contribution in [0.2, 0.25) is 0 Å². The van der Waals surface area contributed by atoms with Crippen LogP contribution >= 0.6 is 0 Å². The average Bonchev–Trinajstić information content (AvgIpc) is 2.77. The number of aryl methyl sites for hydroxylation is 2. The number of amides is 1. The number of H-pyrrole nitrogens is 1. The van der Waals surface area contributed by atoms with Crippen LogP contribution in [0, 0.1) is 19.8 Å². The Labute approximate surface area is 136 Å². The van der Waals surface area contributed by atoms with Gasteiger partial charge in [-0.15, -0.1) is 0 Å². The quantitative estimate of drug-likeness (QED) is 0.858. The van der Waals surface area contributed by atoms with Crippen molar-refractivity contribution in [1.29, 1.82) is 0 Å². The van der Waals surface area contributed by atoms with E-state index in [-0.39, 0.29) is 22.8 Å². The number of hydrogen-bond acceptors (Lipinski definition) is 4. The monoisotopic (exact) mass is 340 g/mol. The van der Waals surface area contributed by atoms with Crippen LogP contribution < -0.4 is 5.32 Å². The zero-order valence-corrected chi connectivity index (χ0v) is 14.4. The van der Waals surface area contributed by atoms with Crippen LogP contribution in [0.1, 0.15) is 43.5 Å². The van der Waals surface area contributed by atoms with Gasteiger partial charge < -0.3 is 5.32 Å². The molecule has 0 spiro atoms. The molecule has 2 aliphatic rings. The lowest BCUT2D eigenvalue weighted by Crippen LogP contribution is -2.48. The van der Waals surface area contributed by atoms with E-state index < -0.39 is 10.0 Å². The first-order valence-corrected chi connectivity index (χ1v) is 9.65. The Balaban J connectivity index is 1.61. The number of sulfonamides is 1. The first-order valence-electron chi connectivity index (χ1n) is 8.21. The molecule has 8 heteroatoms. The molecule has 0 radical (unpaired) electrons. The number of hydrogen-bond donors (Lipinski definition) is 2. The van der Waals surface area contributed by atoms with Gasteiger partial charge in [0.25, 0.3) is 0 Å². The van der Waals surface area contributed by atoms with Crippen LogP contribution in [0.4, 0.5) is 0 Å². The van der Waals surface area contributed by atoms with Gasteiger partial charge in [0.1, 0.15) is 4.90 Å². The highest BCUT2D eigenvalue weighted by atomic mass is 32.2. The predicted molar refractivity (Wildman–Crippen MR) is 85.3 cm³/mol. The molecular formula is C15H24N4O3S. The summed E-state index contributed by atoms with van der Waals surface area (Å²) in [5.41, 5.74) is 1.07. The third-order valence-electron chi connectivity index (χ3n) is 4.93. The molecule has 7 nitrogen and oxygen atoms in total. The molecule has 1 saturated carbocycles. The summed E-state index contributed by atoms with van der Waals surface area (Å²) in [4.78, 5) is 12.3. The fourth-order valence-corrected chi connectivity index (χ4v) is 5.08. The lowest BCUT2D eigenvalue weighted by atomic mass is 9.84. The SMILES string of the molecule is Cc1n[nH]c(C)c1S(=O)(=O)N1CCC(NC(=O)C2CCC2)CC1. The third-order valence-corrected chi connectivity index (χ3v) is 7.10. The van der Waals surface area contributed by atoms with Crippen LogP contribution in [-0.4, -0.2) is 48.0 Å². The zero-order chi connectivity index (χ0) is 16.6. The van der Waals surface area contributed by atoms with Gasteiger partial charge in [0.15, 0.2) is 0 Å². The summed E-state index contributed by atoms with van der Waals surface area (Å²) in [6.45, 7) is 4.28. The predicted octanol–water partition coefficient (Wildman–Crippen LogP) is 1.10. The Hall–Kier alpha value is -1.41. The van der Waals surface area contributed by atoms with Crippen molar-refractivity contribution in [1.82, 2.24) is 19.8 Å². The number of carbonyl (C=O) groups is 1. The first kappa shape index (κ1) is 16.4. The Morgan fingerprint density at radius 1 is 1.22 bits per heavy atom. The van der Waals surface area contributed by atoms with Gasteiger partial charge in [-0.25, -0.2) is 8.42 Å². The van der Waals surface area contributed by atoms with Gasteiger partial charge in [-0.05, 0) is 39.5 Å². The number of aromatic nitrogens is 2. The van der Waals surface area contributed by atoms with Crippen molar-refractivity contribution >= 4 is 15.9 Å². The Morgan fingerprint density at radius 3 is 2.35 bits per heavy atom. The van der Waals surface area contributed by atoms with Gasteiger partial charge in [0.2, 0.25) is 15.9 Å². The van der Waals surface area contributed by atoms with E-state index in [0.717, 1.165) is 19.3 Å². The molecule has 0 atom stereocenters. The maximum absolute atomic E-state index is 12.8.